The molecule has 23 heavy (non-hydrogen) atoms. The maximum atomic E-state index is 12.0. The van der Waals surface area contributed by atoms with Crippen LogP contribution < -0.4 is 0 Å². The number of allylic oxidation sites excluding steroid dienone is 5. The smallest absolute Gasteiger partial charge is 0.318 e. The van der Waals surface area contributed by atoms with Gasteiger partial charge in [-0.3, -0.25) is 9.59 Å². The molecule has 0 radical (unpaired) electrons. The topological polar surface area (TPSA) is 56.5 Å². The molecule has 1 aromatic heterocycles. The van der Waals surface area contributed by atoms with Crippen LogP contribution in [0, 0.1) is 0 Å². The van der Waals surface area contributed by atoms with E-state index >= 15 is 0 Å². The summed E-state index contributed by atoms with van der Waals surface area (Å²) in [5, 5.41) is 0.904. The number of hydrogen-bond donors (Lipinski definition) is 0. The van der Waals surface area contributed by atoms with Crippen LogP contribution in [0.4, 0.5) is 0 Å². The molecule has 0 atom stereocenters. The van der Waals surface area contributed by atoms with Crippen LogP contribution >= 0.6 is 45.2 Å². The van der Waals surface area contributed by atoms with Gasteiger partial charge in [0.15, 0.2) is 0 Å². The summed E-state index contributed by atoms with van der Waals surface area (Å²) in [4.78, 5) is 23.9. The fourth-order valence-corrected chi connectivity index (χ4v) is 4.46. The van der Waals surface area contributed by atoms with Crippen LogP contribution in [0.3, 0.4) is 0 Å². The number of furan rings is 1. The maximum absolute atomic E-state index is 12.0. The standard InChI is InChI=1S/C17H8I2O4/c18-10-5-8(6-11(19)16(10)21)17-15-9-3-1-2-4-12(9)22-13(15)7-14(20)23-17/h1-6H,7H2. The van der Waals surface area contributed by atoms with Crippen molar-refractivity contribution >= 4 is 73.7 Å². The van der Waals surface area contributed by atoms with E-state index in [1.807, 2.05) is 69.4 Å². The Kier molecular flexibility index (Phi) is 3.67. The first-order valence-electron chi connectivity index (χ1n) is 6.79. The number of fused-ring (bicyclic) bond motifs is 3. The van der Waals surface area contributed by atoms with Crippen LogP contribution in [0.5, 0.6) is 0 Å². The van der Waals surface area contributed by atoms with Gasteiger partial charge in [0.25, 0.3) is 0 Å². The minimum absolute atomic E-state index is 0.0186. The predicted molar refractivity (Wildman–Crippen MR) is 102 cm³/mol. The van der Waals surface area contributed by atoms with E-state index in [4.69, 9.17) is 9.15 Å². The van der Waals surface area contributed by atoms with E-state index < -0.39 is 0 Å². The van der Waals surface area contributed by atoms with Crippen LogP contribution in [0.15, 0.2) is 53.6 Å². The molecular formula is C17H8I2O4. The molecule has 0 bridgehead atoms. The lowest BCUT2D eigenvalue weighted by Crippen LogP contribution is -2.16. The summed E-state index contributed by atoms with van der Waals surface area (Å²) in [5.41, 5.74) is 2.22. The van der Waals surface area contributed by atoms with Crippen molar-refractivity contribution in [2.45, 2.75) is 6.42 Å². The Hall–Kier alpha value is -1.42. The van der Waals surface area contributed by atoms with E-state index in [-0.39, 0.29) is 18.2 Å². The summed E-state index contributed by atoms with van der Waals surface area (Å²) >= 11 is 4.00. The number of benzene rings is 1. The molecule has 4 rings (SSSR count). The lowest BCUT2D eigenvalue weighted by molar-refractivity contribution is -0.136. The fraction of sp³-hybridized carbons (Fsp3) is 0.0588. The summed E-state index contributed by atoms with van der Waals surface area (Å²) in [5.74, 6) is 0.684. The number of halogens is 2. The Balaban J connectivity index is 2.04. The number of hydrogen-bond acceptors (Lipinski definition) is 4. The molecule has 0 amide bonds. The highest BCUT2D eigenvalue weighted by atomic mass is 127. The molecule has 1 aliphatic heterocycles. The second kappa shape index (κ2) is 5.59. The summed E-state index contributed by atoms with van der Waals surface area (Å²) < 4.78 is 12.5. The summed E-state index contributed by atoms with van der Waals surface area (Å²) in [6, 6.07) is 7.61. The van der Waals surface area contributed by atoms with E-state index in [9.17, 15) is 9.59 Å². The van der Waals surface area contributed by atoms with Gasteiger partial charge in [-0.25, -0.2) is 0 Å². The van der Waals surface area contributed by atoms with Crippen LogP contribution in [0.1, 0.15) is 11.3 Å². The van der Waals surface area contributed by atoms with Gasteiger partial charge >= 0.3 is 5.97 Å². The molecule has 2 aliphatic rings. The summed E-state index contributed by atoms with van der Waals surface area (Å²) in [7, 11) is 0. The molecule has 1 aliphatic carbocycles. The number of cyclic esters (lactones) is 1. The quantitative estimate of drug-likeness (QED) is 0.373. The third-order valence-corrected chi connectivity index (χ3v) is 5.28. The number of para-hydroxylation sites is 1. The molecule has 2 heterocycles. The molecule has 114 valence electrons. The highest BCUT2D eigenvalue weighted by molar-refractivity contribution is 14.1. The molecule has 0 spiro atoms. The molecule has 6 heteroatoms. The van der Waals surface area contributed by atoms with Gasteiger partial charge in [-0.15, -0.1) is 0 Å². The number of Topliss-reactive ketones (excluding diaryl/α,β-unsaturated/α-hetero) is 1. The average molecular weight is 530 g/mol. The van der Waals surface area contributed by atoms with Crippen LogP contribution in [0.25, 0.3) is 16.7 Å². The lowest BCUT2D eigenvalue weighted by Gasteiger charge is -2.18. The van der Waals surface area contributed by atoms with Crippen molar-refractivity contribution in [2.75, 3.05) is 0 Å². The zero-order chi connectivity index (χ0) is 16.1. The Morgan fingerprint density at radius 2 is 1.70 bits per heavy atom. The summed E-state index contributed by atoms with van der Waals surface area (Å²) in [6.07, 6.45) is 3.59. The summed E-state index contributed by atoms with van der Waals surface area (Å²) in [6.45, 7) is 0. The lowest BCUT2D eigenvalue weighted by atomic mass is 9.98. The van der Waals surface area contributed by atoms with Crippen molar-refractivity contribution in [3.63, 3.8) is 0 Å². The number of ketones is 1. The molecule has 0 saturated carbocycles. The number of esters is 1. The number of carbonyl (C=O) groups excluding carboxylic acids is 2. The van der Waals surface area contributed by atoms with Gasteiger partial charge in [-0.1, -0.05) is 18.2 Å². The predicted octanol–water partition coefficient (Wildman–Crippen LogP) is 4.46. The van der Waals surface area contributed by atoms with E-state index in [0.29, 0.717) is 24.3 Å². The zero-order valence-corrected chi connectivity index (χ0v) is 15.9. The van der Waals surface area contributed by atoms with Crippen molar-refractivity contribution < 1.29 is 18.7 Å². The van der Waals surface area contributed by atoms with Crippen LogP contribution in [-0.2, 0) is 20.7 Å². The van der Waals surface area contributed by atoms with Gasteiger partial charge in [-0.2, -0.15) is 0 Å². The Morgan fingerprint density at radius 1 is 1.00 bits per heavy atom. The van der Waals surface area contributed by atoms with Crippen molar-refractivity contribution in [1.82, 2.24) is 0 Å². The van der Waals surface area contributed by atoms with Crippen molar-refractivity contribution in [3.8, 4) is 0 Å². The van der Waals surface area contributed by atoms with Gasteiger partial charge in [-0.05, 0) is 63.4 Å². The third-order valence-electron chi connectivity index (χ3n) is 3.68. The first kappa shape index (κ1) is 15.1. The van der Waals surface area contributed by atoms with E-state index in [1.54, 1.807) is 12.2 Å². The highest BCUT2D eigenvalue weighted by Gasteiger charge is 2.31. The van der Waals surface area contributed by atoms with Gasteiger partial charge in [0.05, 0.1) is 12.7 Å². The minimum Gasteiger partial charge on any atom is -0.460 e. The zero-order valence-electron chi connectivity index (χ0n) is 11.6. The van der Waals surface area contributed by atoms with E-state index in [1.165, 1.54) is 0 Å². The Labute approximate surface area is 158 Å². The number of ether oxygens (including phenoxy) is 1. The molecular weight excluding hydrogens is 522 g/mol. The normalized spacial score (nSPS) is 17.8. The minimum atomic E-state index is -0.359. The Bertz CT molecular complexity index is 952. The monoisotopic (exact) mass is 530 g/mol. The van der Waals surface area contributed by atoms with Crippen molar-refractivity contribution in [1.29, 1.82) is 0 Å². The van der Waals surface area contributed by atoms with Gasteiger partial charge < -0.3 is 9.15 Å². The van der Waals surface area contributed by atoms with Gasteiger partial charge in [0.2, 0.25) is 5.78 Å². The number of rotatable bonds is 0. The molecule has 2 aromatic rings. The van der Waals surface area contributed by atoms with E-state index in [2.05, 4.69) is 0 Å². The second-order valence-electron chi connectivity index (χ2n) is 5.15. The van der Waals surface area contributed by atoms with Crippen molar-refractivity contribution in [2.24, 2.45) is 0 Å². The third kappa shape index (κ3) is 2.47. The molecule has 0 N–H and O–H groups in total. The van der Waals surface area contributed by atoms with Gasteiger partial charge in [0, 0.05) is 11.0 Å². The van der Waals surface area contributed by atoms with Crippen molar-refractivity contribution in [3.05, 3.63) is 60.5 Å². The molecule has 0 fully saturated rings. The first-order valence-corrected chi connectivity index (χ1v) is 8.95. The Morgan fingerprint density at radius 3 is 2.43 bits per heavy atom. The molecule has 0 saturated heterocycles. The van der Waals surface area contributed by atoms with Crippen LogP contribution in [0.2, 0.25) is 0 Å². The van der Waals surface area contributed by atoms with E-state index in [0.717, 1.165) is 16.5 Å². The average Bonchev–Trinajstić information content (AvgIpc) is 2.89. The SMILES string of the molecule is O=C1Cc2oc3ccccc3c2C(=C2C=C(I)C(=O)C(I)=C2)O1. The first-order chi connectivity index (χ1) is 11.0. The molecule has 0 unspecified atom stereocenters. The number of carbonyl (C=O) groups is 2. The van der Waals surface area contributed by atoms with Gasteiger partial charge in [0.1, 0.15) is 23.5 Å². The molecule has 1 aromatic carbocycles. The fourth-order valence-electron chi connectivity index (χ4n) is 2.70. The maximum Gasteiger partial charge on any atom is 0.318 e. The highest BCUT2D eigenvalue weighted by Crippen LogP contribution is 2.40. The second-order valence-corrected chi connectivity index (χ2v) is 7.47. The van der Waals surface area contributed by atoms with Crippen LogP contribution in [-0.4, -0.2) is 11.8 Å². The molecule has 4 nitrogen and oxygen atoms in total. The largest absolute Gasteiger partial charge is 0.460 e.